The summed E-state index contributed by atoms with van der Waals surface area (Å²) < 4.78 is 17.6. The Morgan fingerprint density at radius 1 is 1.07 bits per heavy atom. The molecule has 0 spiro atoms. The van der Waals surface area contributed by atoms with Gasteiger partial charge in [0.05, 0.1) is 42.1 Å². The van der Waals surface area contributed by atoms with Gasteiger partial charge in [-0.25, -0.2) is 18.9 Å². The average Bonchev–Trinajstić information content (AvgIpc) is 3.58. The van der Waals surface area contributed by atoms with E-state index in [1.807, 2.05) is 25.4 Å². The summed E-state index contributed by atoms with van der Waals surface area (Å²) in [7, 11) is 0. The van der Waals surface area contributed by atoms with Crippen molar-refractivity contribution in [2.75, 3.05) is 19.6 Å². The van der Waals surface area contributed by atoms with Gasteiger partial charge in [-0.3, -0.25) is 9.78 Å². The maximum absolute atomic E-state index is 13.7. The van der Waals surface area contributed by atoms with Crippen molar-refractivity contribution >= 4 is 11.4 Å². The zero-order chi connectivity index (χ0) is 27.6. The van der Waals surface area contributed by atoms with E-state index >= 15 is 0 Å². The highest BCUT2D eigenvalue weighted by molar-refractivity contribution is 5.97. The van der Waals surface area contributed by atoms with Crippen molar-refractivity contribution in [1.82, 2.24) is 34.0 Å². The highest BCUT2D eigenvalue weighted by Gasteiger charge is 2.26. The third kappa shape index (κ3) is 5.41. The van der Waals surface area contributed by atoms with E-state index in [1.54, 1.807) is 47.4 Å². The van der Waals surface area contributed by atoms with Crippen LogP contribution in [0.25, 0.3) is 28.3 Å². The third-order valence-corrected chi connectivity index (χ3v) is 7.34. The monoisotopic (exact) mass is 539 g/mol. The largest absolute Gasteiger partial charge is 0.392 e. The Kier molecular flexibility index (Phi) is 7.19. The number of hydrogen-bond acceptors (Lipinski definition) is 7. The summed E-state index contributed by atoms with van der Waals surface area (Å²) in [6, 6.07) is 13.7. The minimum absolute atomic E-state index is 0.0374. The Morgan fingerprint density at radius 3 is 2.55 bits per heavy atom. The summed E-state index contributed by atoms with van der Waals surface area (Å²) in [5.41, 5.74) is 4.95. The van der Waals surface area contributed by atoms with Crippen molar-refractivity contribution < 1.29 is 14.3 Å². The van der Waals surface area contributed by atoms with Gasteiger partial charge in [-0.15, -0.1) is 0 Å². The Hall–Kier alpha value is -4.28. The fourth-order valence-electron chi connectivity index (χ4n) is 5.41. The number of ketones is 1. The normalized spacial score (nSPS) is 15.5. The minimum atomic E-state index is -0.360. The number of Topliss-reactive ketones (excluding diaryl/α,β-unsaturated/α-hetero) is 1. The van der Waals surface area contributed by atoms with Gasteiger partial charge < -0.3 is 14.6 Å². The Bertz CT molecular complexity index is 1620. The van der Waals surface area contributed by atoms with Gasteiger partial charge in [-0.2, -0.15) is 5.10 Å². The van der Waals surface area contributed by atoms with E-state index in [0.29, 0.717) is 29.1 Å². The number of likely N-dealkylation sites (tertiary alicyclic amines) is 1. The average molecular weight is 540 g/mol. The smallest absolute Gasteiger partial charge is 0.168 e. The lowest BCUT2D eigenvalue weighted by molar-refractivity contribution is 0.0991. The first-order chi connectivity index (χ1) is 19.4. The number of halogens is 1. The highest BCUT2D eigenvalue weighted by Crippen LogP contribution is 2.35. The number of nitrogens with zero attached hydrogens (tertiary/aromatic N) is 7. The third-order valence-electron chi connectivity index (χ3n) is 7.34. The van der Waals surface area contributed by atoms with Crippen molar-refractivity contribution in [3.63, 3.8) is 0 Å². The van der Waals surface area contributed by atoms with Gasteiger partial charge in [0.25, 0.3) is 0 Å². The fourth-order valence-corrected chi connectivity index (χ4v) is 5.41. The van der Waals surface area contributed by atoms with Crippen LogP contribution >= 0.6 is 0 Å². The molecule has 0 bridgehead atoms. The van der Waals surface area contributed by atoms with Gasteiger partial charge in [0.15, 0.2) is 11.4 Å². The number of rotatable bonds is 8. The zero-order valence-corrected chi connectivity index (χ0v) is 22.2. The molecular formula is C30H30FN7O2. The SMILES string of the molecule is C[C@H](O)CN1CCC(n2cnc(-c3ccc(F)cc3)c2-c2ccc3nc(CC(=O)c4ccncc4)cn3n2)CC1. The van der Waals surface area contributed by atoms with Crippen molar-refractivity contribution in [2.45, 2.75) is 38.3 Å². The van der Waals surface area contributed by atoms with E-state index in [2.05, 4.69) is 19.4 Å². The first kappa shape index (κ1) is 26.0. The van der Waals surface area contributed by atoms with Gasteiger partial charge in [-0.05, 0) is 68.3 Å². The lowest BCUT2D eigenvalue weighted by atomic mass is 10.0. The number of aliphatic hydroxyl groups is 1. The van der Waals surface area contributed by atoms with Gasteiger partial charge in [0.1, 0.15) is 11.5 Å². The second-order valence-corrected chi connectivity index (χ2v) is 10.3. The topological polar surface area (TPSA) is 101 Å². The van der Waals surface area contributed by atoms with E-state index in [9.17, 15) is 14.3 Å². The van der Waals surface area contributed by atoms with Crippen LogP contribution in [0, 0.1) is 5.82 Å². The number of β-amino-alcohol motifs (C(OH)–C–C–N with tert-alkyl or cyclic N) is 1. The number of carbonyl (C=O) groups is 1. The quantitative estimate of drug-likeness (QED) is 0.295. The number of piperidine rings is 1. The number of pyridine rings is 1. The Morgan fingerprint density at radius 2 is 1.82 bits per heavy atom. The molecular weight excluding hydrogens is 509 g/mol. The molecule has 5 heterocycles. The van der Waals surface area contributed by atoms with Crippen LogP contribution in [0.4, 0.5) is 4.39 Å². The molecule has 1 aliphatic rings. The van der Waals surface area contributed by atoms with E-state index < -0.39 is 0 Å². The number of aromatic nitrogens is 6. The molecule has 9 nitrogen and oxygen atoms in total. The lowest BCUT2D eigenvalue weighted by Crippen LogP contribution is -2.38. The van der Waals surface area contributed by atoms with Crippen LogP contribution in [0.5, 0.6) is 0 Å². The molecule has 0 amide bonds. The maximum Gasteiger partial charge on any atom is 0.168 e. The Labute approximate surface area is 231 Å². The molecule has 1 aromatic carbocycles. The van der Waals surface area contributed by atoms with Crippen LogP contribution in [0.15, 0.2) is 73.4 Å². The van der Waals surface area contributed by atoms with Crippen LogP contribution in [0.1, 0.15) is 41.9 Å². The van der Waals surface area contributed by atoms with Crippen LogP contribution in [-0.4, -0.2) is 70.7 Å². The van der Waals surface area contributed by atoms with E-state index in [4.69, 9.17) is 10.1 Å². The molecule has 0 aliphatic carbocycles. The first-order valence-corrected chi connectivity index (χ1v) is 13.5. The predicted molar refractivity (Wildman–Crippen MR) is 148 cm³/mol. The molecule has 4 aromatic heterocycles. The molecule has 10 heteroatoms. The molecule has 40 heavy (non-hydrogen) atoms. The summed E-state index contributed by atoms with van der Waals surface area (Å²) in [6.45, 7) is 4.23. The molecule has 1 N–H and O–H groups in total. The van der Waals surface area contributed by atoms with Crippen molar-refractivity contribution in [2.24, 2.45) is 0 Å². The van der Waals surface area contributed by atoms with Gasteiger partial charge >= 0.3 is 0 Å². The highest BCUT2D eigenvalue weighted by atomic mass is 19.1. The Balaban J connectivity index is 1.34. The van der Waals surface area contributed by atoms with Gasteiger partial charge in [0.2, 0.25) is 0 Å². The van der Waals surface area contributed by atoms with E-state index in [0.717, 1.165) is 42.9 Å². The standard InChI is InChI=1S/C30H30FN7O2/c1-20(39)17-36-14-10-25(11-15-36)37-19-33-29(22-2-4-23(31)5-3-22)30(37)26-6-7-28-34-24(18-38(28)35-26)16-27(40)21-8-12-32-13-9-21/h2-9,12-13,18-20,25,39H,10-11,14-17H2,1H3/t20-/m0/s1. The van der Waals surface area contributed by atoms with Crippen LogP contribution in [-0.2, 0) is 6.42 Å². The number of benzene rings is 1. The number of hydrogen-bond donors (Lipinski definition) is 1. The molecule has 5 aromatic rings. The first-order valence-electron chi connectivity index (χ1n) is 13.5. The number of imidazole rings is 2. The molecule has 204 valence electrons. The molecule has 6 rings (SSSR count). The molecule has 0 radical (unpaired) electrons. The zero-order valence-electron chi connectivity index (χ0n) is 22.2. The summed E-state index contributed by atoms with van der Waals surface area (Å²) >= 11 is 0. The second kappa shape index (κ2) is 11.1. The molecule has 1 fully saturated rings. The van der Waals surface area contributed by atoms with Crippen LogP contribution in [0.2, 0.25) is 0 Å². The van der Waals surface area contributed by atoms with Gasteiger partial charge in [0, 0.05) is 49.2 Å². The van der Waals surface area contributed by atoms with E-state index in [-0.39, 0.29) is 30.2 Å². The van der Waals surface area contributed by atoms with E-state index in [1.165, 1.54) is 12.1 Å². The number of fused-ring (bicyclic) bond motifs is 1. The van der Waals surface area contributed by atoms with Crippen LogP contribution in [0.3, 0.4) is 0 Å². The molecule has 1 atom stereocenters. The molecule has 1 aliphatic heterocycles. The maximum atomic E-state index is 13.7. The number of carbonyl (C=O) groups excluding carboxylic acids is 1. The summed E-state index contributed by atoms with van der Waals surface area (Å²) in [4.78, 5) is 28.3. The molecule has 1 saturated heterocycles. The summed E-state index contributed by atoms with van der Waals surface area (Å²) in [5, 5.41) is 14.7. The predicted octanol–water partition coefficient (Wildman–Crippen LogP) is 4.24. The van der Waals surface area contributed by atoms with Crippen LogP contribution < -0.4 is 0 Å². The van der Waals surface area contributed by atoms with Crippen molar-refractivity contribution in [1.29, 1.82) is 0 Å². The summed E-state index contributed by atoms with van der Waals surface area (Å²) in [5.74, 6) is -0.341. The van der Waals surface area contributed by atoms with Crippen molar-refractivity contribution in [3.8, 4) is 22.6 Å². The molecule has 0 unspecified atom stereocenters. The minimum Gasteiger partial charge on any atom is -0.392 e. The summed E-state index contributed by atoms with van der Waals surface area (Å²) in [6.07, 6.45) is 8.45. The van der Waals surface area contributed by atoms with Crippen molar-refractivity contribution in [3.05, 3.63) is 90.5 Å². The van der Waals surface area contributed by atoms with Gasteiger partial charge in [-0.1, -0.05) is 0 Å². The second-order valence-electron chi connectivity index (χ2n) is 10.3. The number of aliphatic hydroxyl groups excluding tert-OH is 1. The molecule has 0 saturated carbocycles. The lowest BCUT2D eigenvalue weighted by Gasteiger charge is -2.33. The fraction of sp³-hybridized carbons (Fsp3) is 0.300.